The number of aromatic nitrogens is 2. The number of hydrogen-bond donors (Lipinski definition) is 1. The summed E-state index contributed by atoms with van der Waals surface area (Å²) in [5, 5.41) is 12.6. The Bertz CT molecular complexity index is 654. The van der Waals surface area contributed by atoms with E-state index in [1.165, 1.54) is 4.90 Å². The van der Waals surface area contributed by atoms with Gasteiger partial charge in [0.15, 0.2) is 5.82 Å². The summed E-state index contributed by atoms with van der Waals surface area (Å²) in [4.78, 5) is 28.6. The molecule has 1 N–H and O–H groups in total. The number of rotatable bonds is 8. The number of nitrogens with zero attached hydrogens (tertiary/aromatic N) is 3. The third-order valence-electron chi connectivity index (χ3n) is 3.31. The standard InChI is InChI=1S/C16H19N3O4/c1-12-17-14(23-18-12)7-8-15(20)19(11-16(21)22)10-9-13-5-3-2-4-6-13/h2-6H,7-11H2,1H3,(H,21,22). The summed E-state index contributed by atoms with van der Waals surface area (Å²) in [6, 6.07) is 9.64. The third-order valence-corrected chi connectivity index (χ3v) is 3.31. The Labute approximate surface area is 133 Å². The van der Waals surface area contributed by atoms with Crippen molar-refractivity contribution in [1.29, 1.82) is 0 Å². The number of aliphatic carboxylic acids is 1. The Balaban J connectivity index is 1.90. The fourth-order valence-electron chi connectivity index (χ4n) is 2.18. The van der Waals surface area contributed by atoms with E-state index in [9.17, 15) is 9.59 Å². The minimum absolute atomic E-state index is 0.143. The van der Waals surface area contributed by atoms with E-state index >= 15 is 0 Å². The van der Waals surface area contributed by atoms with Gasteiger partial charge in [-0.2, -0.15) is 4.98 Å². The lowest BCUT2D eigenvalue weighted by Crippen LogP contribution is -2.37. The highest BCUT2D eigenvalue weighted by atomic mass is 16.5. The predicted molar refractivity (Wildman–Crippen MR) is 81.7 cm³/mol. The van der Waals surface area contributed by atoms with E-state index in [0.29, 0.717) is 31.1 Å². The number of aryl methyl sites for hydroxylation is 2. The fraction of sp³-hybridized carbons (Fsp3) is 0.375. The van der Waals surface area contributed by atoms with Crippen molar-refractivity contribution in [3.05, 3.63) is 47.6 Å². The average molecular weight is 317 g/mol. The lowest BCUT2D eigenvalue weighted by molar-refractivity contribution is -0.144. The van der Waals surface area contributed by atoms with Gasteiger partial charge in [-0.25, -0.2) is 0 Å². The SMILES string of the molecule is Cc1noc(CCC(=O)N(CCc2ccccc2)CC(=O)O)n1. The Morgan fingerprint density at radius 2 is 1.96 bits per heavy atom. The molecule has 122 valence electrons. The maximum atomic E-state index is 12.3. The van der Waals surface area contributed by atoms with Crippen LogP contribution in [0, 0.1) is 6.92 Å². The van der Waals surface area contributed by atoms with Gasteiger partial charge in [0, 0.05) is 19.4 Å². The normalized spacial score (nSPS) is 10.5. The maximum Gasteiger partial charge on any atom is 0.323 e. The van der Waals surface area contributed by atoms with Gasteiger partial charge in [-0.1, -0.05) is 35.5 Å². The summed E-state index contributed by atoms with van der Waals surface area (Å²) in [7, 11) is 0. The van der Waals surface area contributed by atoms with Crippen LogP contribution in [-0.2, 0) is 22.4 Å². The van der Waals surface area contributed by atoms with Gasteiger partial charge in [0.1, 0.15) is 6.54 Å². The molecule has 0 saturated carbocycles. The van der Waals surface area contributed by atoms with E-state index in [2.05, 4.69) is 10.1 Å². The number of benzene rings is 1. The highest BCUT2D eigenvalue weighted by molar-refractivity contribution is 5.81. The maximum absolute atomic E-state index is 12.3. The zero-order valence-electron chi connectivity index (χ0n) is 12.9. The molecule has 7 nitrogen and oxygen atoms in total. The molecule has 0 bridgehead atoms. The molecule has 0 aliphatic rings. The van der Waals surface area contributed by atoms with Crippen LogP contribution in [0.2, 0.25) is 0 Å². The van der Waals surface area contributed by atoms with Gasteiger partial charge in [-0.15, -0.1) is 0 Å². The van der Waals surface area contributed by atoms with E-state index in [1.54, 1.807) is 6.92 Å². The quantitative estimate of drug-likeness (QED) is 0.792. The molecular formula is C16H19N3O4. The molecule has 0 aliphatic heterocycles. The van der Waals surface area contributed by atoms with Crippen molar-refractivity contribution in [2.75, 3.05) is 13.1 Å². The second-order valence-corrected chi connectivity index (χ2v) is 5.18. The molecule has 0 radical (unpaired) electrons. The van der Waals surface area contributed by atoms with Gasteiger partial charge in [0.2, 0.25) is 11.8 Å². The van der Waals surface area contributed by atoms with Crippen LogP contribution in [0.5, 0.6) is 0 Å². The summed E-state index contributed by atoms with van der Waals surface area (Å²) in [6.45, 7) is 1.75. The second kappa shape index (κ2) is 8.07. The first kappa shape index (κ1) is 16.7. The first-order valence-corrected chi connectivity index (χ1v) is 7.37. The molecule has 0 unspecified atom stereocenters. The number of carbonyl (C=O) groups is 2. The lowest BCUT2D eigenvalue weighted by Gasteiger charge is -2.20. The monoisotopic (exact) mass is 317 g/mol. The van der Waals surface area contributed by atoms with Crippen LogP contribution in [0.15, 0.2) is 34.9 Å². The molecule has 1 amide bonds. The Kier molecular flexibility index (Phi) is 5.85. The number of carboxylic acid groups (broad SMARTS) is 1. The minimum Gasteiger partial charge on any atom is -0.480 e. The summed E-state index contributed by atoms with van der Waals surface area (Å²) >= 11 is 0. The van der Waals surface area contributed by atoms with Crippen LogP contribution in [0.1, 0.15) is 23.7 Å². The van der Waals surface area contributed by atoms with E-state index in [0.717, 1.165) is 5.56 Å². The summed E-state index contributed by atoms with van der Waals surface area (Å²) < 4.78 is 4.96. The smallest absolute Gasteiger partial charge is 0.323 e. The molecule has 0 saturated heterocycles. The molecule has 2 aromatic rings. The lowest BCUT2D eigenvalue weighted by atomic mass is 10.1. The van der Waals surface area contributed by atoms with Gasteiger partial charge < -0.3 is 14.5 Å². The molecule has 0 aliphatic carbocycles. The molecule has 0 fully saturated rings. The molecule has 7 heteroatoms. The summed E-state index contributed by atoms with van der Waals surface area (Å²) in [5.41, 5.74) is 1.06. The molecule has 1 heterocycles. The van der Waals surface area contributed by atoms with E-state index in [-0.39, 0.29) is 18.9 Å². The molecule has 1 aromatic heterocycles. The second-order valence-electron chi connectivity index (χ2n) is 5.18. The van der Waals surface area contributed by atoms with Crippen LogP contribution in [0.25, 0.3) is 0 Å². The van der Waals surface area contributed by atoms with Gasteiger partial charge in [0.05, 0.1) is 0 Å². The van der Waals surface area contributed by atoms with Crippen molar-refractivity contribution >= 4 is 11.9 Å². The van der Waals surface area contributed by atoms with Gasteiger partial charge in [-0.05, 0) is 18.9 Å². The van der Waals surface area contributed by atoms with Crippen LogP contribution in [0.4, 0.5) is 0 Å². The highest BCUT2D eigenvalue weighted by Crippen LogP contribution is 2.06. The number of amides is 1. The van der Waals surface area contributed by atoms with Crippen molar-refractivity contribution in [3.8, 4) is 0 Å². The van der Waals surface area contributed by atoms with E-state index < -0.39 is 5.97 Å². The highest BCUT2D eigenvalue weighted by Gasteiger charge is 2.17. The first-order valence-electron chi connectivity index (χ1n) is 7.37. The van der Waals surface area contributed by atoms with Crippen LogP contribution in [-0.4, -0.2) is 45.1 Å². The fourth-order valence-corrected chi connectivity index (χ4v) is 2.18. The Morgan fingerprint density at radius 1 is 1.22 bits per heavy atom. The van der Waals surface area contributed by atoms with Gasteiger partial charge in [0.25, 0.3) is 0 Å². The topological polar surface area (TPSA) is 96.5 Å². The molecular weight excluding hydrogens is 298 g/mol. The Hall–Kier alpha value is -2.70. The first-order chi connectivity index (χ1) is 11.0. The average Bonchev–Trinajstić information content (AvgIpc) is 2.95. The van der Waals surface area contributed by atoms with Gasteiger partial charge in [-0.3, -0.25) is 9.59 Å². The largest absolute Gasteiger partial charge is 0.480 e. The van der Waals surface area contributed by atoms with Crippen molar-refractivity contribution in [3.63, 3.8) is 0 Å². The zero-order valence-corrected chi connectivity index (χ0v) is 12.9. The number of carboxylic acids is 1. The van der Waals surface area contributed by atoms with Crippen molar-refractivity contribution in [1.82, 2.24) is 15.0 Å². The van der Waals surface area contributed by atoms with E-state index in [4.69, 9.17) is 9.63 Å². The molecule has 2 rings (SSSR count). The molecule has 23 heavy (non-hydrogen) atoms. The van der Waals surface area contributed by atoms with Crippen molar-refractivity contribution in [2.24, 2.45) is 0 Å². The zero-order chi connectivity index (χ0) is 16.7. The summed E-state index contributed by atoms with van der Waals surface area (Å²) in [5.74, 6) is -0.368. The minimum atomic E-state index is -1.03. The van der Waals surface area contributed by atoms with Crippen LogP contribution in [0.3, 0.4) is 0 Å². The number of hydrogen-bond acceptors (Lipinski definition) is 5. The van der Waals surface area contributed by atoms with E-state index in [1.807, 2.05) is 30.3 Å². The molecule has 1 aromatic carbocycles. The van der Waals surface area contributed by atoms with Gasteiger partial charge >= 0.3 is 5.97 Å². The van der Waals surface area contributed by atoms with Crippen LogP contribution < -0.4 is 0 Å². The Morgan fingerprint density at radius 3 is 2.57 bits per heavy atom. The number of carbonyl (C=O) groups excluding carboxylic acids is 1. The predicted octanol–water partition coefficient (Wildman–Crippen LogP) is 1.47. The van der Waals surface area contributed by atoms with Crippen LogP contribution >= 0.6 is 0 Å². The third kappa shape index (κ3) is 5.54. The van der Waals surface area contributed by atoms with Crippen molar-refractivity contribution in [2.45, 2.75) is 26.2 Å². The van der Waals surface area contributed by atoms with Crippen molar-refractivity contribution < 1.29 is 19.2 Å². The summed E-state index contributed by atoms with van der Waals surface area (Å²) in [6.07, 6.45) is 1.06. The molecule has 0 spiro atoms. The molecule has 0 atom stereocenters.